The normalized spacial score (nSPS) is 19.0. The van der Waals surface area contributed by atoms with Crippen LogP contribution in [0.4, 0.5) is 5.69 Å². The Bertz CT molecular complexity index is 413. The highest BCUT2D eigenvalue weighted by Crippen LogP contribution is 2.27. The van der Waals surface area contributed by atoms with Crippen LogP contribution < -0.4 is 10.1 Å². The third-order valence-corrected chi connectivity index (χ3v) is 2.74. The Morgan fingerprint density at radius 3 is 3.00 bits per heavy atom. The Labute approximate surface area is 99.3 Å². The molecule has 1 aliphatic rings. The highest BCUT2D eigenvalue weighted by Gasteiger charge is 2.17. The Hall–Kier alpha value is -1.75. The summed E-state index contributed by atoms with van der Waals surface area (Å²) in [4.78, 5) is 10.9. The molecule has 2 N–H and O–H groups in total. The molecule has 1 aromatic rings. The maximum Gasteiger partial charge on any atom is 0.335 e. The van der Waals surface area contributed by atoms with Crippen LogP contribution in [0.25, 0.3) is 0 Å². The second-order valence-corrected chi connectivity index (χ2v) is 3.93. The summed E-state index contributed by atoms with van der Waals surface area (Å²) in [7, 11) is 1.56. The molecule has 1 unspecified atom stereocenters. The van der Waals surface area contributed by atoms with Gasteiger partial charge in [0.15, 0.2) is 0 Å². The third-order valence-electron chi connectivity index (χ3n) is 2.74. The lowest BCUT2D eigenvalue weighted by molar-refractivity contribution is 0.0697. The van der Waals surface area contributed by atoms with Crippen molar-refractivity contribution < 1.29 is 19.4 Å². The van der Waals surface area contributed by atoms with Crippen molar-refractivity contribution in [2.45, 2.75) is 12.5 Å². The van der Waals surface area contributed by atoms with Crippen molar-refractivity contribution >= 4 is 11.7 Å². The van der Waals surface area contributed by atoms with Crippen LogP contribution in [0.2, 0.25) is 0 Å². The minimum absolute atomic E-state index is 0.216. The van der Waals surface area contributed by atoms with E-state index in [9.17, 15) is 4.79 Å². The largest absolute Gasteiger partial charge is 0.495 e. The summed E-state index contributed by atoms with van der Waals surface area (Å²) in [6, 6.07) is 4.98. The van der Waals surface area contributed by atoms with Gasteiger partial charge in [0, 0.05) is 6.61 Å². The van der Waals surface area contributed by atoms with Crippen LogP contribution in [0.3, 0.4) is 0 Å². The van der Waals surface area contributed by atoms with E-state index in [0.717, 1.165) is 13.0 Å². The highest BCUT2D eigenvalue weighted by molar-refractivity contribution is 5.89. The monoisotopic (exact) mass is 237 g/mol. The minimum Gasteiger partial charge on any atom is -0.495 e. The molecule has 1 fully saturated rings. The number of methoxy groups -OCH3 is 1. The lowest BCUT2D eigenvalue weighted by atomic mass is 10.1. The smallest absolute Gasteiger partial charge is 0.335 e. The van der Waals surface area contributed by atoms with E-state index in [4.69, 9.17) is 14.6 Å². The summed E-state index contributed by atoms with van der Waals surface area (Å²) >= 11 is 0. The van der Waals surface area contributed by atoms with E-state index in [0.29, 0.717) is 18.0 Å². The van der Waals surface area contributed by atoms with E-state index in [1.54, 1.807) is 19.2 Å². The molecule has 1 aliphatic heterocycles. The molecule has 92 valence electrons. The summed E-state index contributed by atoms with van der Waals surface area (Å²) in [6.45, 7) is 1.37. The number of benzene rings is 1. The third kappa shape index (κ3) is 2.68. The fraction of sp³-hybridized carbons (Fsp3) is 0.417. The molecule has 17 heavy (non-hydrogen) atoms. The molecule has 0 bridgehead atoms. The van der Waals surface area contributed by atoms with Crippen LogP contribution in [0.5, 0.6) is 5.75 Å². The van der Waals surface area contributed by atoms with Crippen LogP contribution in [0.15, 0.2) is 18.2 Å². The molecular weight excluding hydrogens is 222 g/mol. The van der Waals surface area contributed by atoms with E-state index in [-0.39, 0.29) is 11.6 Å². The van der Waals surface area contributed by atoms with E-state index in [2.05, 4.69) is 5.32 Å². The number of ether oxygens (including phenoxy) is 2. The second kappa shape index (κ2) is 5.05. The molecule has 0 amide bonds. The molecule has 5 heteroatoms. The second-order valence-electron chi connectivity index (χ2n) is 3.93. The molecule has 1 aromatic carbocycles. The van der Waals surface area contributed by atoms with E-state index in [1.807, 2.05) is 0 Å². The van der Waals surface area contributed by atoms with Gasteiger partial charge in [0.25, 0.3) is 0 Å². The maximum absolute atomic E-state index is 10.9. The van der Waals surface area contributed by atoms with E-state index < -0.39 is 5.97 Å². The molecule has 5 nitrogen and oxygen atoms in total. The van der Waals surface area contributed by atoms with Gasteiger partial charge in [0.05, 0.1) is 31.0 Å². The molecular formula is C12H15NO4. The van der Waals surface area contributed by atoms with Gasteiger partial charge in [0.1, 0.15) is 5.75 Å². The first-order valence-corrected chi connectivity index (χ1v) is 5.46. The summed E-state index contributed by atoms with van der Waals surface area (Å²) in [5.74, 6) is -0.305. The predicted molar refractivity (Wildman–Crippen MR) is 62.8 cm³/mol. The van der Waals surface area contributed by atoms with Crippen LogP contribution >= 0.6 is 0 Å². The number of hydrogen-bond donors (Lipinski definition) is 2. The molecule has 0 radical (unpaired) electrons. The molecule has 1 atom stereocenters. The fourth-order valence-electron chi connectivity index (χ4n) is 1.82. The zero-order valence-electron chi connectivity index (χ0n) is 9.60. The molecule has 0 spiro atoms. The van der Waals surface area contributed by atoms with Crippen LogP contribution in [0.1, 0.15) is 16.8 Å². The molecule has 0 aliphatic carbocycles. The van der Waals surface area contributed by atoms with Crippen molar-refractivity contribution in [3.63, 3.8) is 0 Å². The average molecular weight is 237 g/mol. The number of aromatic carboxylic acids is 1. The summed E-state index contributed by atoms with van der Waals surface area (Å²) in [5.41, 5.74) is 0.940. The van der Waals surface area contributed by atoms with Crippen molar-refractivity contribution in [2.75, 3.05) is 25.6 Å². The van der Waals surface area contributed by atoms with Crippen LogP contribution in [0, 0.1) is 0 Å². The van der Waals surface area contributed by atoms with Crippen molar-refractivity contribution in [1.29, 1.82) is 0 Å². The zero-order chi connectivity index (χ0) is 12.3. The summed E-state index contributed by atoms with van der Waals surface area (Å²) in [6.07, 6.45) is 0.917. The van der Waals surface area contributed by atoms with Crippen molar-refractivity contribution in [3.8, 4) is 5.75 Å². The maximum atomic E-state index is 10.9. The first-order valence-electron chi connectivity index (χ1n) is 5.46. The van der Waals surface area contributed by atoms with Crippen LogP contribution in [-0.4, -0.2) is 37.4 Å². The van der Waals surface area contributed by atoms with Gasteiger partial charge in [-0.3, -0.25) is 0 Å². The molecule has 2 rings (SSSR count). The van der Waals surface area contributed by atoms with Crippen LogP contribution in [-0.2, 0) is 4.74 Å². The summed E-state index contributed by atoms with van der Waals surface area (Å²) < 4.78 is 10.5. The lowest BCUT2D eigenvalue weighted by Gasteiger charge is -2.15. The number of carbonyl (C=O) groups is 1. The predicted octanol–water partition coefficient (Wildman–Crippen LogP) is 1.59. The molecule has 0 saturated carbocycles. The minimum atomic E-state index is -0.946. The number of rotatable bonds is 4. The number of nitrogens with one attached hydrogen (secondary N) is 1. The average Bonchev–Trinajstić information content (AvgIpc) is 2.81. The van der Waals surface area contributed by atoms with Gasteiger partial charge in [-0.25, -0.2) is 4.79 Å². The summed E-state index contributed by atoms with van der Waals surface area (Å²) in [5, 5.41) is 12.2. The number of anilines is 1. The molecule has 1 saturated heterocycles. The van der Waals surface area contributed by atoms with Gasteiger partial charge in [-0.2, -0.15) is 0 Å². The van der Waals surface area contributed by atoms with Gasteiger partial charge in [0.2, 0.25) is 0 Å². The van der Waals surface area contributed by atoms with Crippen molar-refractivity contribution in [1.82, 2.24) is 0 Å². The van der Waals surface area contributed by atoms with E-state index >= 15 is 0 Å². The van der Waals surface area contributed by atoms with Gasteiger partial charge >= 0.3 is 5.97 Å². The fourth-order valence-corrected chi connectivity index (χ4v) is 1.82. The van der Waals surface area contributed by atoms with Gasteiger partial charge < -0.3 is 19.9 Å². The van der Waals surface area contributed by atoms with Gasteiger partial charge in [-0.15, -0.1) is 0 Å². The standard InChI is InChI=1S/C12H15NO4/c1-16-11-3-2-8(12(14)15)6-10(11)13-9-4-5-17-7-9/h2-3,6,9,13H,4-5,7H2,1H3,(H,14,15). The van der Waals surface area contributed by atoms with Crippen molar-refractivity contribution in [2.24, 2.45) is 0 Å². The zero-order valence-corrected chi connectivity index (χ0v) is 9.60. The number of hydrogen-bond acceptors (Lipinski definition) is 4. The lowest BCUT2D eigenvalue weighted by Crippen LogP contribution is -2.19. The highest BCUT2D eigenvalue weighted by atomic mass is 16.5. The Balaban J connectivity index is 2.21. The van der Waals surface area contributed by atoms with Crippen molar-refractivity contribution in [3.05, 3.63) is 23.8 Å². The molecule has 1 heterocycles. The first-order chi connectivity index (χ1) is 8.20. The SMILES string of the molecule is COc1ccc(C(=O)O)cc1NC1CCOC1. The number of carboxylic acid groups (broad SMARTS) is 1. The van der Waals surface area contributed by atoms with Gasteiger partial charge in [-0.05, 0) is 24.6 Å². The van der Waals surface area contributed by atoms with Gasteiger partial charge in [-0.1, -0.05) is 0 Å². The number of carboxylic acids is 1. The topological polar surface area (TPSA) is 67.8 Å². The first kappa shape index (κ1) is 11.7. The Kier molecular flexibility index (Phi) is 3.49. The quantitative estimate of drug-likeness (QED) is 0.832. The Morgan fingerprint density at radius 2 is 2.41 bits per heavy atom. The van der Waals surface area contributed by atoms with E-state index in [1.165, 1.54) is 6.07 Å². The Morgan fingerprint density at radius 1 is 1.59 bits per heavy atom. The molecule has 0 aromatic heterocycles.